The summed E-state index contributed by atoms with van der Waals surface area (Å²) in [7, 11) is 2.14. The number of likely N-dealkylation sites (N-methyl/N-ethyl adjacent to an activating group) is 1. The van der Waals surface area contributed by atoms with Gasteiger partial charge in [0.1, 0.15) is 0 Å². The molecule has 0 bridgehead atoms. The molecular weight excluding hydrogens is 398 g/mol. The highest BCUT2D eigenvalue weighted by Crippen LogP contribution is 2.26. The first-order valence-electron chi connectivity index (χ1n) is 11.2. The lowest BCUT2D eigenvalue weighted by Crippen LogP contribution is -2.45. The minimum absolute atomic E-state index is 0.0441. The Morgan fingerprint density at radius 3 is 2.34 bits per heavy atom. The first-order valence-corrected chi connectivity index (χ1v) is 11.2. The maximum absolute atomic E-state index is 13.0. The van der Waals surface area contributed by atoms with E-state index < -0.39 is 0 Å². The van der Waals surface area contributed by atoms with Gasteiger partial charge in [-0.25, -0.2) is 4.79 Å². The molecule has 2 amide bonds. The van der Waals surface area contributed by atoms with E-state index in [2.05, 4.69) is 50.7 Å². The van der Waals surface area contributed by atoms with E-state index in [-0.39, 0.29) is 12.1 Å². The minimum atomic E-state index is -0.184. The number of amides is 2. The number of nitrogens with zero attached hydrogens (tertiary/aromatic N) is 3. The molecule has 2 aromatic carbocycles. The smallest absolute Gasteiger partial charge is 0.319 e. The molecule has 1 aliphatic heterocycles. The van der Waals surface area contributed by atoms with Crippen molar-refractivity contribution in [2.75, 3.05) is 43.4 Å². The van der Waals surface area contributed by atoms with Crippen molar-refractivity contribution in [3.8, 4) is 0 Å². The fourth-order valence-electron chi connectivity index (χ4n) is 4.12. The first-order chi connectivity index (χ1) is 15.7. The Hall–Kier alpha value is -3.38. The normalized spacial score (nSPS) is 15.2. The van der Waals surface area contributed by atoms with Crippen LogP contribution in [0.3, 0.4) is 0 Å². The molecule has 32 heavy (non-hydrogen) atoms. The zero-order valence-corrected chi connectivity index (χ0v) is 18.6. The van der Waals surface area contributed by atoms with E-state index in [4.69, 9.17) is 0 Å². The van der Waals surface area contributed by atoms with Gasteiger partial charge >= 0.3 is 6.03 Å². The van der Waals surface area contributed by atoms with Crippen molar-refractivity contribution in [1.29, 1.82) is 0 Å². The van der Waals surface area contributed by atoms with Gasteiger partial charge in [0, 0.05) is 44.6 Å². The van der Waals surface area contributed by atoms with Crippen LogP contribution in [0, 0.1) is 0 Å². The van der Waals surface area contributed by atoms with Gasteiger partial charge in [0.05, 0.1) is 11.4 Å². The monoisotopic (exact) mass is 429 g/mol. The Morgan fingerprint density at radius 1 is 0.906 bits per heavy atom. The fourth-order valence-corrected chi connectivity index (χ4v) is 4.12. The van der Waals surface area contributed by atoms with E-state index in [1.165, 1.54) is 5.56 Å². The van der Waals surface area contributed by atoms with E-state index in [9.17, 15) is 4.79 Å². The summed E-state index contributed by atoms with van der Waals surface area (Å²) in [5, 5.41) is 6.30. The topological polar surface area (TPSA) is 60.5 Å². The van der Waals surface area contributed by atoms with Crippen LogP contribution in [-0.4, -0.2) is 55.2 Å². The third-order valence-corrected chi connectivity index (χ3v) is 5.86. The van der Waals surface area contributed by atoms with Crippen LogP contribution in [0.4, 0.5) is 16.2 Å². The molecule has 2 heterocycles. The molecule has 0 radical (unpaired) electrons. The molecule has 0 spiro atoms. The van der Waals surface area contributed by atoms with E-state index in [1.54, 1.807) is 6.20 Å². The molecular formula is C26H31N5O. The molecule has 1 aromatic heterocycles. The largest absolute Gasteiger partial charge is 0.367 e. The summed E-state index contributed by atoms with van der Waals surface area (Å²) in [6.45, 7) is 3.94. The van der Waals surface area contributed by atoms with Crippen molar-refractivity contribution in [3.63, 3.8) is 0 Å². The number of piperazine rings is 1. The standard InChI is InChI=1S/C26H31N5O/c1-30-14-16-31(17-15-30)25-12-6-5-11-24(25)29-26(32)28-23(18-21-8-3-2-4-9-21)19-22-10-7-13-27-20-22/h2-13,20,23H,14-19H2,1H3,(H2,28,29,32). The number of rotatable bonds is 7. The van der Waals surface area contributed by atoms with Gasteiger partial charge in [0.25, 0.3) is 0 Å². The lowest BCUT2D eigenvalue weighted by molar-refractivity contribution is 0.248. The van der Waals surface area contributed by atoms with Crippen molar-refractivity contribution >= 4 is 17.4 Å². The Kier molecular flexibility index (Phi) is 7.35. The highest BCUT2D eigenvalue weighted by molar-refractivity contribution is 5.93. The lowest BCUT2D eigenvalue weighted by Gasteiger charge is -2.35. The summed E-state index contributed by atoms with van der Waals surface area (Å²) in [6.07, 6.45) is 5.10. The fraction of sp³-hybridized carbons (Fsp3) is 0.308. The summed E-state index contributed by atoms with van der Waals surface area (Å²) >= 11 is 0. The average Bonchev–Trinajstić information content (AvgIpc) is 2.81. The maximum atomic E-state index is 13.0. The zero-order chi connectivity index (χ0) is 22.2. The van der Waals surface area contributed by atoms with E-state index >= 15 is 0 Å². The summed E-state index contributed by atoms with van der Waals surface area (Å²) in [5.41, 5.74) is 4.21. The van der Waals surface area contributed by atoms with Crippen molar-refractivity contribution in [3.05, 3.63) is 90.3 Å². The average molecular weight is 430 g/mol. The Morgan fingerprint density at radius 2 is 1.59 bits per heavy atom. The second-order valence-corrected chi connectivity index (χ2v) is 8.36. The predicted molar refractivity (Wildman–Crippen MR) is 130 cm³/mol. The number of para-hydroxylation sites is 2. The molecule has 2 N–H and O–H groups in total. The number of hydrogen-bond donors (Lipinski definition) is 2. The number of nitrogens with one attached hydrogen (secondary N) is 2. The SMILES string of the molecule is CN1CCN(c2ccccc2NC(=O)NC(Cc2ccccc2)Cc2cccnc2)CC1. The van der Waals surface area contributed by atoms with Gasteiger partial charge in [-0.2, -0.15) is 0 Å². The quantitative estimate of drug-likeness (QED) is 0.600. The predicted octanol–water partition coefficient (Wildman–Crippen LogP) is 3.81. The van der Waals surface area contributed by atoms with Crippen LogP contribution < -0.4 is 15.5 Å². The van der Waals surface area contributed by atoms with Gasteiger partial charge in [-0.05, 0) is 49.2 Å². The van der Waals surface area contributed by atoms with Crippen LogP contribution in [0.15, 0.2) is 79.1 Å². The number of pyridine rings is 1. The van der Waals surface area contributed by atoms with Crippen molar-refractivity contribution in [1.82, 2.24) is 15.2 Å². The Labute approximate surface area is 190 Å². The van der Waals surface area contributed by atoms with Crippen molar-refractivity contribution in [2.24, 2.45) is 0 Å². The lowest BCUT2D eigenvalue weighted by atomic mass is 10.00. The molecule has 1 saturated heterocycles. The van der Waals surface area contributed by atoms with Crippen molar-refractivity contribution < 1.29 is 4.79 Å². The van der Waals surface area contributed by atoms with Gasteiger partial charge in [-0.1, -0.05) is 48.5 Å². The third-order valence-electron chi connectivity index (χ3n) is 5.86. The van der Waals surface area contributed by atoms with Crippen LogP contribution in [-0.2, 0) is 12.8 Å². The second-order valence-electron chi connectivity index (χ2n) is 8.36. The Balaban J connectivity index is 1.45. The number of carbonyl (C=O) groups is 1. The number of carbonyl (C=O) groups excluding carboxylic acids is 1. The Bertz CT molecular complexity index is 946. The van der Waals surface area contributed by atoms with Crippen LogP contribution >= 0.6 is 0 Å². The summed E-state index contributed by atoms with van der Waals surface area (Å²) in [4.78, 5) is 21.9. The highest BCUT2D eigenvalue weighted by Gasteiger charge is 2.19. The summed E-state index contributed by atoms with van der Waals surface area (Å²) < 4.78 is 0. The second kappa shape index (κ2) is 10.8. The van der Waals surface area contributed by atoms with E-state index in [1.807, 2.05) is 54.7 Å². The van der Waals surface area contributed by atoms with Gasteiger partial charge in [-0.3, -0.25) is 4.98 Å². The molecule has 1 atom stereocenters. The molecule has 0 aliphatic carbocycles. The molecule has 6 heteroatoms. The highest BCUT2D eigenvalue weighted by atomic mass is 16.2. The molecule has 1 fully saturated rings. The number of urea groups is 1. The molecule has 1 unspecified atom stereocenters. The summed E-state index contributed by atoms with van der Waals surface area (Å²) in [6, 6.07) is 22.1. The zero-order valence-electron chi connectivity index (χ0n) is 18.6. The van der Waals surface area contributed by atoms with Crippen LogP contribution in [0.5, 0.6) is 0 Å². The van der Waals surface area contributed by atoms with E-state index in [0.29, 0.717) is 0 Å². The molecule has 1 aliphatic rings. The van der Waals surface area contributed by atoms with Crippen LogP contribution in [0.1, 0.15) is 11.1 Å². The van der Waals surface area contributed by atoms with Gasteiger partial charge < -0.3 is 20.4 Å². The molecule has 4 rings (SSSR count). The van der Waals surface area contributed by atoms with Gasteiger partial charge in [0.15, 0.2) is 0 Å². The number of benzene rings is 2. The molecule has 6 nitrogen and oxygen atoms in total. The van der Waals surface area contributed by atoms with Crippen LogP contribution in [0.25, 0.3) is 0 Å². The number of aromatic nitrogens is 1. The molecule has 0 saturated carbocycles. The molecule has 166 valence electrons. The van der Waals surface area contributed by atoms with Crippen LogP contribution in [0.2, 0.25) is 0 Å². The van der Waals surface area contributed by atoms with Crippen molar-refractivity contribution in [2.45, 2.75) is 18.9 Å². The minimum Gasteiger partial charge on any atom is -0.367 e. The summed E-state index contributed by atoms with van der Waals surface area (Å²) in [5.74, 6) is 0. The van der Waals surface area contributed by atoms with Gasteiger partial charge in [0.2, 0.25) is 0 Å². The number of hydrogen-bond acceptors (Lipinski definition) is 4. The molecule has 3 aromatic rings. The number of anilines is 2. The third kappa shape index (κ3) is 6.08. The van der Waals surface area contributed by atoms with E-state index in [0.717, 1.165) is 56.0 Å². The first kappa shape index (κ1) is 21.8. The maximum Gasteiger partial charge on any atom is 0.319 e. The van der Waals surface area contributed by atoms with Gasteiger partial charge in [-0.15, -0.1) is 0 Å².